The number of thiophene rings is 1. The fraction of sp³-hybridized carbons (Fsp3) is 0.182. The Labute approximate surface area is 95.3 Å². The van der Waals surface area contributed by atoms with Crippen LogP contribution in [0.2, 0.25) is 0 Å². The van der Waals surface area contributed by atoms with Crippen molar-refractivity contribution in [1.29, 1.82) is 0 Å². The first kappa shape index (κ1) is 9.47. The monoisotopic (exact) mass is 232 g/mol. The van der Waals surface area contributed by atoms with E-state index in [1.54, 1.807) is 0 Å². The molecule has 3 rings (SSSR count). The molecule has 2 aromatic rings. The summed E-state index contributed by atoms with van der Waals surface area (Å²) in [4.78, 5) is 28.7. The van der Waals surface area contributed by atoms with Crippen LogP contribution in [0.3, 0.4) is 0 Å². The topological polar surface area (TPSA) is 59.1 Å². The molecule has 0 spiro atoms. The van der Waals surface area contributed by atoms with Crippen molar-refractivity contribution in [3.05, 3.63) is 22.7 Å². The van der Waals surface area contributed by atoms with Gasteiger partial charge >= 0.3 is 0 Å². The fourth-order valence-corrected chi connectivity index (χ4v) is 2.91. The molecular formula is C11H8N2O2S. The number of hydrogen-bond donors (Lipinski definition) is 1. The Hall–Kier alpha value is -1.75. The molecule has 1 N–H and O–H groups in total. The molecule has 0 bridgehead atoms. The number of hydrogen-bond acceptors (Lipinski definition) is 4. The predicted molar refractivity (Wildman–Crippen MR) is 61.9 cm³/mol. The van der Waals surface area contributed by atoms with E-state index in [2.05, 4.69) is 10.3 Å². The van der Waals surface area contributed by atoms with Gasteiger partial charge in [0.25, 0.3) is 0 Å². The Balaban J connectivity index is 2.34. The van der Waals surface area contributed by atoms with Gasteiger partial charge in [0.05, 0.1) is 17.0 Å². The van der Waals surface area contributed by atoms with Crippen LogP contribution in [0.15, 0.2) is 12.1 Å². The number of nitrogens with zero attached hydrogens (tertiary/aromatic N) is 1. The summed E-state index contributed by atoms with van der Waals surface area (Å²) in [6.07, 6.45) is -0.0567. The minimum Gasteiger partial charge on any atom is -0.324 e. The predicted octanol–water partition coefficient (Wildman–Crippen LogP) is 2.13. The highest BCUT2D eigenvalue weighted by molar-refractivity contribution is 7.21. The summed E-state index contributed by atoms with van der Waals surface area (Å²) >= 11 is 1.35. The van der Waals surface area contributed by atoms with E-state index in [0.29, 0.717) is 10.6 Å². The molecular weight excluding hydrogens is 224 g/mol. The highest BCUT2D eigenvalue weighted by Gasteiger charge is 2.27. The molecule has 0 aromatic carbocycles. The van der Waals surface area contributed by atoms with Crippen molar-refractivity contribution in [2.75, 3.05) is 5.32 Å². The van der Waals surface area contributed by atoms with Crippen molar-refractivity contribution in [1.82, 2.24) is 4.98 Å². The Morgan fingerprint density at radius 1 is 1.38 bits per heavy atom. The van der Waals surface area contributed by atoms with E-state index in [1.165, 1.54) is 11.3 Å². The maximum atomic E-state index is 11.7. The normalized spacial score (nSPS) is 15.1. The number of amides is 1. The van der Waals surface area contributed by atoms with Crippen LogP contribution in [0.5, 0.6) is 0 Å². The molecule has 80 valence electrons. The first-order valence-electron chi connectivity index (χ1n) is 4.88. The third kappa shape index (κ3) is 1.25. The lowest BCUT2D eigenvalue weighted by Crippen LogP contribution is -2.22. The number of nitrogens with one attached hydrogen (secondary N) is 1. The Morgan fingerprint density at radius 2 is 2.19 bits per heavy atom. The number of ketones is 1. The maximum Gasteiger partial charge on any atom is 0.232 e. The van der Waals surface area contributed by atoms with Gasteiger partial charge in [-0.1, -0.05) is 0 Å². The minimum absolute atomic E-state index is 0.0567. The van der Waals surface area contributed by atoms with Gasteiger partial charge in [-0.15, -0.1) is 11.3 Å². The number of anilines is 1. The Kier molecular flexibility index (Phi) is 1.85. The molecule has 3 heterocycles. The van der Waals surface area contributed by atoms with Crippen molar-refractivity contribution < 1.29 is 9.59 Å². The van der Waals surface area contributed by atoms with Crippen molar-refractivity contribution in [2.45, 2.75) is 13.3 Å². The summed E-state index contributed by atoms with van der Waals surface area (Å²) in [5, 5.41) is 3.60. The van der Waals surface area contributed by atoms with Gasteiger partial charge in [-0.25, -0.2) is 4.98 Å². The van der Waals surface area contributed by atoms with Crippen molar-refractivity contribution in [2.24, 2.45) is 0 Å². The SMILES string of the molecule is Cc1ccc2c3c(sc2n1)C(=O)CC(=O)N3. The van der Waals surface area contributed by atoms with Gasteiger partial charge in [0.15, 0.2) is 5.78 Å². The molecule has 0 unspecified atom stereocenters. The summed E-state index contributed by atoms with van der Waals surface area (Å²) < 4.78 is 0. The summed E-state index contributed by atoms with van der Waals surface area (Å²) in [5.41, 5.74) is 1.54. The van der Waals surface area contributed by atoms with Gasteiger partial charge in [-0.3, -0.25) is 9.59 Å². The van der Waals surface area contributed by atoms with E-state index in [0.717, 1.165) is 15.9 Å². The summed E-state index contributed by atoms with van der Waals surface area (Å²) in [6.45, 7) is 1.90. The van der Waals surface area contributed by atoms with Crippen LogP contribution in [0.4, 0.5) is 5.69 Å². The molecule has 0 aliphatic carbocycles. The van der Waals surface area contributed by atoms with Gasteiger partial charge in [0, 0.05) is 11.1 Å². The molecule has 0 saturated heterocycles. The van der Waals surface area contributed by atoms with Crippen molar-refractivity contribution in [3.63, 3.8) is 0 Å². The summed E-state index contributed by atoms with van der Waals surface area (Å²) in [6, 6.07) is 3.77. The number of pyridine rings is 1. The van der Waals surface area contributed by atoms with Crippen LogP contribution in [0.25, 0.3) is 10.2 Å². The molecule has 1 amide bonds. The van der Waals surface area contributed by atoms with E-state index < -0.39 is 0 Å². The molecule has 5 heteroatoms. The smallest absolute Gasteiger partial charge is 0.232 e. The van der Waals surface area contributed by atoms with Gasteiger partial charge in [-0.2, -0.15) is 0 Å². The zero-order chi connectivity index (χ0) is 11.3. The van der Waals surface area contributed by atoms with E-state index >= 15 is 0 Å². The van der Waals surface area contributed by atoms with Crippen LogP contribution in [-0.2, 0) is 4.79 Å². The quantitative estimate of drug-likeness (QED) is 0.708. The van der Waals surface area contributed by atoms with Crippen LogP contribution < -0.4 is 5.32 Å². The molecule has 0 atom stereocenters. The highest BCUT2D eigenvalue weighted by atomic mass is 32.1. The lowest BCUT2D eigenvalue weighted by molar-refractivity contribution is -0.115. The maximum absolute atomic E-state index is 11.7. The first-order chi connectivity index (χ1) is 7.65. The molecule has 0 saturated carbocycles. The average molecular weight is 232 g/mol. The van der Waals surface area contributed by atoms with Gasteiger partial charge in [-0.05, 0) is 19.1 Å². The number of Topliss-reactive ketones (excluding diaryl/α,β-unsaturated/α-hetero) is 1. The standard InChI is InChI=1S/C11H8N2O2S/c1-5-2-3-6-9-10(16-11(6)12-5)7(14)4-8(15)13-9/h2-3H,4H2,1H3,(H,13,15). The number of aromatic nitrogens is 1. The second-order valence-corrected chi connectivity index (χ2v) is 4.76. The second kappa shape index (κ2) is 3.12. The van der Waals surface area contributed by atoms with E-state index in [-0.39, 0.29) is 18.1 Å². The van der Waals surface area contributed by atoms with Gasteiger partial charge < -0.3 is 5.32 Å². The van der Waals surface area contributed by atoms with E-state index in [9.17, 15) is 9.59 Å². The lowest BCUT2D eigenvalue weighted by Gasteiger charge is -2.10. The van der Waals surface area contributed by atoms with Crippen LogP contribution in [0, 0.1) is 6.92 Å². The average Bonchev–Trinajstić information content (AvgIpc) is 2.56. The van der Waals surface area contributed by atoms with Gasteiger partial charge in [0.2, 0.25) is 5.91 Å². The molecule has 4 nitrogen and oxygen atoms in total. The minimum atomic E-state index is -0.238. The molecule has 0 fully saturated rings. The Bertz CT molecular complexity index is 630. The third-order valence-electron chi connectivity index (χ3n) is 2.53. The van der Waals surface area contributed by atoms with Crippen LogP contribution in [-0.4, -0.2) is 16.7 Å². The molecule has 1 aliphatic heterocycles. The number of rotatable bonds is 0. The third-order valence-corrected chi connectivity index (χ3v) is 3.67. The summed E-state index contributed by atoms with van der Waals surface area (Å²) in [5.74, 6) is -0.350. The van der Waals surface area contributed by atoms with Crippen molar-refractivity contribution in [3.8, 4) is 0 Å². The number of fused-ring (bicyclic) bond motifs is 3. The summed E-state index contributed by atoms with van der Waals surface area (Å²) in [7, 11) is 0. The van der Waals surface area contributed by atoms with Crippen LogP contribution in [0.1, 0.15) is 21.8 Å². The number of carbonyl (C=O) groups excluding carboxylic acids is 2. The zero-order valence-corrected chi connectivity index (χ0v) is 9.35. The highest BCUT2D eigenvalue weighted by Crippen LogP contribution is 2.37. The van der Waals surface area contributed by atoms with Crippen LogP contribution >= 0.6 is 11.3 Å². The lowest BCUT2D eigenvalue weighted by atomic mass is 10.1. The van der Waals surface area contributed by atoms with E-state index in [4.69, 9.17) is 0 Å². The fourth-order valence-electron chi connectivity index (χ4n) is 1.80. The van der Waals surface area contributed by atoms with Crippen molar-refractivity contribution >= 4 is 38.9 Å². The number of carbonyl (C=O) groups is 2. The Morgan fingerprint density at radius 3 is 3.00 bits per heavy atom. The second-order valence-electron chi connectivity index (χ2n) is 3.76. The molecule has 2 aromatic heterocycles. The molecule has 0 radical (unpaired) electrons. The number of aryl methyl sites for hydroxylation is 1. The largest absolute Gasteiger partial charge is 0.324 e. The van der Waals surface area contributed by atoms with E-state index in [1.807, 2.05) is 19.1 Å². The molecule has 1 aliphatic rings. The van der Waals surface area contributed by atoms with Gasteiger partial charge in [0.1, 0.15) is 4.83 Å². The zero-order valence-electron chi connectivity index (χ0n) is 8.53. The molecule has 16 heavy (non-hydrogen) atoms. The first-order valence-corrected chi connectivity index (χ1v) is 5.70.